The van der Waals surface area contributed by atoms with Crippen LogP contribution < -0.4 is 11.1 Å². The van der Waals surface area contributed by atoms with E-state index in [2.05, 4.69) is 15.3 Å². The van der Waals surface area contributed by atoms with E-state index in [1.807, 2.05) is 0 Å². The SMILES string of the molecule is NC1(C2CCCC2)N=C(Cl)Nc2c1ncn2[C@@H]1O[C@H](CO)[C@@H](O)[C@H]1O. The lowest BCUT2D eigenvalue weighted by atomic mass is 9.88. The van der Waals surface area contributed by atoms with Gasteiger partial charge in [0.25, 0.3) is 0 Å². The third-order valence-electron chi connectivity index (χ3n) is 5.45. The summed E-state index contributed by atoms with van der Waals surface area (Å²) in [6.45, 7) is -0.399. The van der Waals surface area contributed by atoms with Crippen LogP contribution >= 0.6 is 11.6 Å². The van der Waals surface area contributed by atoms with Crippen molar-refractivity contribution in [2.24, 2.45) is 16.6 Å². The maximum Gasteiger partial charge on any atom is 0.199 e. The average Bonchev–Trinajstić information content (AvgIpc) is 3.29. The number of rotatable bonds is 3. The molecule has 6 N–H and O–H groups in total. The summed E-state index contributed by atoms with van der Waals surface area (Å²) in [6, 6.07) is 0. The van der Waals surface area contributed by atoms with Crippen LogP contribution in [0.25, 0.3) is 0 Å². The highest BCUT2D eigenvalue weighted by molar-refractivity contribution is 6.67. The van der Waals surface area contributed by atoms with Gasteiger partial charge in [-0.1, -0.05) is 12.8 Å². The minimum atomic E-state index is -1.21. The van der Waals surface area contributed by atoms with Crippen LogP contribution in [-0.4, -0.2) is 55.1 Å². The van der Waals surface area contributed by atoms with Crippen LogP contribution in [0.5, 0.6) is 0 Å². The number of nitrogens with two attached hydrogens (primary N) is 1. The van der Waals surface area contributed by atoms with Crippen molar-refractivity contribution in [2.45, 2.75) is 55.9 Å². The van der Waals surface area contributed by atoms with Crippen molar-refractivity contribution >= 4 is 22.7 Å². The van der Waals surface area contributed by atoms with Crippen LogP contribution in [0, 0.1) is 5.92 Å². The molecule has 138 valence electrons. The summed E-state index contributed by atoms with van der Waals surface area (Å²) in [5, 5.41) is 32.6. The predicted molar refractivity (Wildman–Crippen MR) is 90.0 cm³/mol. The first-order valence-electron chi connectivity index (χ1n) is 8.46. The summed E-state index contributed by atoms with van der Waals surface area (Å²) in [4.78, 5) is 8.84. The molecule has 1 aromatic rings. The van der Waals surface area contributed by atoms with Crippen molar-refractivity contribution in [1.29, 1.82) is 0 Å². The molecule has 2 fully saturated rings. The lowest BCUT2D eigenvalue weighted by Gasteiger charge is -2.34. The second-order valence-electron chi connectivity index (χ2n) is 6.91. The first-order valence-corrected chi connectivity index (χ1v) is 8.84. The van der Waals surface area contributed by atoms with Crippen molar-refractivity contribution in [3.8, 4) is 0 Å². The Labute approximate surface area is 149 Å². The molecule has 9 nitrogen and oxygen atoms in total. The molecular formula is C15H22ClN5O4. The van der Waals surface area contributed by atoms with Crippen LogP contribution in [0.1, 0.15) is 37.6 Å². The number of aliphatic hydroxyl groups excluding tert-OH is 3. The molecule has 0 bridgehead atoms. The van der Waals surface area contributed by atoms with Gasteiger partial charge >= 0.3 is 0 Å². The molecule has 3 aliphatic rings. The second-order valence-corrected chi connectivity index (χ2v) is 7.27. The molecule has 1 unspecified atom stereocenters. The highest BCUT2D eigenvalue weighted by Gasteiger charge is 2.48. The van der Waals surface area contributed by atoms with Crippen LogP contribution in [0.15, 0.2) is 11.3 Å². The molecule has 1 saturated heterocycles. The molecule has 5 atom stereocenters. The Morgan fingerprint density at radius 2 is 2.08 bits per heavy atom. The van der Waals surface area contributed by atoms with Crippen molar-refractivity contribution < 1.29 is 20.1 Å². The van der Waals surface area contributed by atoms with Gasteiger partial charge in [-0.3, -0.25) is 4.57 Å². The lowest BCUT2D eigenvalue weighted by Crippen LogP contribution is -2.46. The number of anilines is 1. The number of aliphatic hydroxyl groups is 3. The molecule has 0 aromatic carbocycles. The van der Waals surface area contributed by atoms with E-state index in [4.69, 9.17) is 22.1 Å². The fourth-order valence-electron chi connectivity index (χ4n) is 4.07. The highest BCUT2D eigenvalue weighted by Crippen LogP contribution is 2.45. The van der Waals surface area contributed by atoms with E-state index in [1.54, 1.807) is 4.57 Å². The quantitative estimate of drug-likeness (QED) is 0.464. The van der Waals surface area contributed by atoms with E-state index in [0.717, 1.165) is 25.7 Å². The third kappa shape index (κ3) is 2.57. The molecule has 25 heavy (non-hydrogen) atoms. The molecule has 1 aliphatic carbocycles. The number of ether oxygens (including phenoxy) is 1. The van der Waals surface area contributed by atoms with Gasteiger partial charge in [-0.05, 0) is 24.4 Å². The number of hydrogen-bond donors (Lipinski definition) is 5. The van der Waals surface area contributed by atoms with Crippen molar-refractivity contribution in [1.82, 2.24) is 9.55 Å². The normalized spacial score (nSPS) is 38.5. The average molecular weight is 372 g/mol. The Hall–Kier alpha value is -1.23. The number of halogens is 1. The monoisotopic (exact) mass is 371 g/mol. The number of fused-ring (bicyclic) bond motifs is 1. The van der Waals surface area contributed by atoms with E-state index in [-0.39, 0.29) is 11.2 Å². The van der Waals surface area contributed by atoms with Gasteiger partial charge in [0.2, 0.25) is 0 Å². The molecule has 2 aliphatic heterocycles. The molecule has 0 amide bonds. The number of imidazole rings is 1. The Morgan fingerprint density at radius 3 is 2.72 bits per heavy atom. The molecule has 0 spiro atoms. The van der Waals surface area contributed by atoms with Gasteiger partial charge in [-0.2, -0.15) is 0 Å². The zero-order valence-electron chi connectivity index (χ0n) is 13.5. The maximum atomic E-state index is 10.3. The number of amidine groups is 1. The van der Waals surface area contributed by atoms with E-state index >= 15 is 0 Å². The van der Waals surface area contributed by atoms with Gasteiger partial charge in [0.15, 0.2) is 17.2 Å². The largest absolute Gasteiger partial charge is 0.394 e. The minimum Gasteiger partial charge on any atom is -0.394 e. The molecule has 0 radical (unpaired) electrons. The molecule has 10 heteroatoms. The van der Waals surface area contributed by atoms with Crippen LogP contribution in [-0.2, 0) is 10.4 Å². The number of nitrogens with zero attached hydrogens (tertiary/aromatic N) is 3. The van der Waals surface area contributed by atoms with Gasteiger partial charge < -0.3 is 31.1 Å². The highest BCUT2D eigenvalue weighted by atomic mass is 35.5. The smallest absolute Gasteiger partial charge is 0.199 e. The topological polar surface area (TPSA) is 138 Å². The number of hydrogen-bond acceptors (Lipinski definition) is 8. The Kier molecular flexibility index (Phi) is 4.25. The van der Waals surface area contributed by atoms with E-state index < -0.39 is 36.8 Å². The third-order valence-corrected chi connectivity index (χ3v) is 5.63. The summed E-state index contributed by atoms with van der Waals surface area (Å²) in [6.07, 6.45) is 1.37. The lowest BCUT2D eigenvalue weighted by molar-refractivity contribution is -0.0518. The maximum absolute atomic E-state index is 10.3. The fraction of sp³-hybridized carbons (Fsp3) is 0.733. The minimum absolute atomic E-state index is 0.135. The second kappa shape index (κ2) is 6.19. The van der Waals surface area contributed by atoms with E-state index in [0.29, 0.717) is 11.5 Å². The number of aromatic nitrogens is 2. The molecule has 1 aromatic heterocycles. The van der Waals surface area contributed by atoms with Crippen molar-refractivity contribution in [3.63, 3.8) is 0 Å². The molecular weight excluding hydrogens is 350 g/mol. The van der Waals surface area contributed by atoms with Gasteiger partial charge in [-0.15, -0.1) is 0 Å². The summed E-state index contributed by atoms with van der Waals surface area (Å²) < 4.78 is 7.13. The Bertz CT molecular complexity index is 691. The van der Waals surface area contributed by atoms with Gasteiger partial charge in [0.1, 0.15) is 29.8 Å². The summed E-state index contributed by atoms with van der Waals surface area (Å²) in [5.74, 6) is 0.625. The first kappa shape index (κ1) is 17.2. The van der Waals surface area contributed by atoms with Crippen LogP contribution in [0.4, 0.5) is 5.82 Å². The Balaban J connectivity index is 1.72. The number of nitrogens with one attached hydrogen (secondary N) is 1. The summed E-state index contributed by atoms with van der Waals surface area (Å²) >= 11 is 6.19. The molecule has 4 rings (SSSR count). The van der Waals surface area contributed by atoms with E-state index in [1.165, 1.54) is 6.33 Å². The fourth-order valence-corrected chi connectivity index (χ4v) is 4.30. The zero-order chi connectivity index (χ0) is 17.8. The van der Waals surface area contributed by atoms with Crippen LogP contribution in [0.3, 0.4) is 0 Å². The zero-order valence-corrected chi connectivity index (χ0v) is 14.3. The van der Waals surface area contributed by atoms with Gasteiger partial charge in [-0.25, -0.2) is 9.98 Å². The predicted octanol–water partition coefficient (Wildman–Crippen LogP) is -0.183. The summed E-state index contributed by atoms with van der Waals surface area (Å²) in [7, 11) is 0. The Morgan fingerprint density at radius 1 is 1.36 bits per heavy atom. The summed E-state index contributed by atoms with van der Waals surface area (Å²) in [5.41, 5.74) is 6.13. The van der Waals surface area contributed by atoms with E-state index in [9.17, 15) is 15.3 Å². The molecule has 3 heterocycles. The first-order chi connectivity index (χ1) is 12.0. The standard InChI is InChI=1S/C15H22ClN5O4/c16-14-19-12-11(15(17,20-14)7-3-1-2-4-7)18-6-21(12)13-10(24)9(23)8(5-22)25-13/h6-10,13,22-24H,1-5,17H2,(H,19,20)/t8-,9-,10-,13-,15?/m1/s1. The van der Waals surface area contributed by atoms with Crippen molar-refractivity contribution in [3.05, 3.63) is 12.0 Å². The van der Waals surface area contributed by atoms with Crippen LogP contribution in [0.2, 0.25) is 0 Å². The molecule has 1 saturated carbocycles. The number of aliphatic imine (C=N–C) groups is 1. The van der Waals surface area contributed by atoms with Gasteiger partial charge in [0.05, 0.1) is 12.9 Å². The van der Waals surface area contributed by atoms with Gasteiger partial charge in [0, 0.05) is 5.92 Å². The van der Waals surface area contributed by atoms with Crippen molar-refractivity contribution in [2.75, 3.05) is 11.9 Å².